The summed E-state index contributed by atoms with van der Waals surface area (Å²) in [6.07, 6.45) is 1.69. The standard InChI is InChI=1S/C13H14Cl2/c1-3-4-5-7-10(2)13-11(14)8-6-9-12(13)15/h6,8-10H,3,7H2,1-2H3. The number of rotatable bonds is 2. The Bertz CT molecular complexity index is 365. The van der Waals surface area contributed by atoms with Crippen molar-refractivity contribution in [1.82, 2.24) is 0 Å². The minimum Gasteiger partial charge on any atom is -0.104 e. The van der Waals surface area contributed by atoms with E-state index in [1.165, 1.54) is 0 Å². The van der Waals surface area contributed by atoms with E-state index in [1.807, 2.05) is 25.1 Å². The summed E-state index contributed by atoms with van der Waals surface area (Å²) in [6, 6.07) is 5.59. The summed E-state index contributed by atoms with van der Waals surface area (Å²) in [7, 11) is 0. The Hall–Kier alpha value is -0.640. The lowest BCUT2D eigenvalue weighted by atomic mass is 9.98. The van der Waals surface area contributed by atoms with Gasteiger partial charge in [0.25, 0.3) is 0 Å². The van der Waals surface area contributed by atoms with Gasteiger partial charge in [-0.2, -0.15) is 0 Å². The van der Waals surface area contributed by atoms with E-state index in [4.69, 9.17) is 23.2 Å². The highest BCUT2D eigenvalue weighted by Crippen LogP contribution is 2.32. The van der Waals surface area contributed by atoms with Crippen LogP contribution in [-0.2, 0) is 0 Å². The molecule has 0 amide bonds. The molecule has 0 aromatic heterocycles. The number of benzene rings is 1. The van der Waals surface area contributed by atoms with Crippen molar-refractivity contribution >= 4 is 23.2 Å². The molecule has 1 aromatic rings. The molecule has 1 atom stereocenters. The van der Waals surface area contributed by atoms with Crippen molar-refractivity contribution in [3.05, 3.63) is 33.8 Å². The molecule has 1 aromatic carbocycles. The third-order valence-electron chi connectivity index (χ3n) is 2.20. The fraction of sp³-hybridized carbons (Fsp3) is 0.385. The zero-order chi connectivity index (χ0) is 11.3. The predicted octanol–water partition coefficient (Wildman–Crippen LogP) is 4.90. The first-order valence-electron chi connectivity index (χ1n) is 5.06. The lowest BCUT2D eigenvalue weighted by Gasteiger charge is -2.12. The van der Waals surface area contributed by atoms with Gasteiger partial charge in [0, 0.05) is 22.9 Å². The van der Waals surface area contributed by atoms with Gasteiger partial charge in [-0.05, 0) is 23.6 Å². The smallest absolute Gasteiger partial charge is 0.0455 e. The zero-order valence-electron chi connectivity index (χ0n) is 8.98. The largest absolute Gasteiger partial charge is 0.104 e. The maximum absolute atomic E-state index is 6.10. The quantitative estimate of drug-likeness (QED) is 0.646. The molecule has 0 saturated carbocycles. The molecule has 1 unspecified atom stereocenters. The Morgan fingerprint density at radius 2 is 1.80 bits per heavy atom. The Kier molecular flexibility index (Phi) is 5.02. The van der Waals surface area contributed by atoms with Crippen LogP contribution in [0.1, 0.15) is 38.2 Å². The summed E-state index contributed by atoms with van der Waals surface area (Å²) in [5.74, 6) is 6.45. The van der Waals surface area contributed by atoms with Crippen molar-refractivity contribution < 1.29 is 0 Å². The van der Waals surface area contributed by atoms with E-state index in [-0.39, 0.29) is 5.92 Å². The molecule has 0 N–H and O–H groups in total. The molecular weight excluding hydrogens is 227 g/mol. The Labute approximate surface area is 102 Å². The van der Waals surface area contributed by atoms with Crippen molar-refractivity contribution in [2.45, 2.75) is 32.6 Å². The third kappa shape index (κ3) is 3.45. The normalized spacial score (nSPS) is 11.7. The van der Waals surface area contributed by atoms with E-state index in [0.717, 1.165) is 28.5 Å². The molecule has 0 saturated heterocycles. The maximum Gasteiger partial charge on any atom is 0.0455 e. The molecule has 0 nitrogen and oxygen atoms in total. The molecule has 0 bridgehead atoms. The minimum absolute atomic E-state index is 0.283. The van der Waals surface area contributed by atoms with Crippen LogP contribution in [0.15, 0.2) is 18.2 Å². The van der Waals surface area contributed by atoms with Crippen LogP contribution in [0, 0.1) is 11.8 Å². The van der Waals surface area contributed by atoms with Crippen molar-refractivity contribution in [2.75, 3.05) is 0 Å². The van der Waals surface area contributed by atoms with Crippen LogP contribution in [0.2, 0.25) is 10.0 Å². The molecule has 0 spiro atoms. The first kappa shape index (κ1) is 12.4. The molecule has 0 aliphatic carbocycles. The molecule has 15 heavy (non-hydrogen) atoms. The molecule has 0 heterocycles. The molecule has 0 aliphatic heterocycles. The SMILES string of the molecule is CCC#CCC(C)c1c(Cl)cccc1Cl. The van der Waals surface area contributed by atoms with E-state index >= 15 is 0 Å². The van der Waals surface area contributed by atoms with Crippen molar-refractivity contribution in [1.29, 1.82) is 0 Å². The Morgan fingerprint density at radius 3 is 2.33 bits per heavy atom. The van der Waals surface area contributed by atoms with Gasteiger partial charge in [0.05, 0.1) is 0 Å². The van der Waals surface area contributed by atoms with Crippen LogP contribution >= 0.6 is 23.2 Å². The van der Waals surface area contributed by atoms with Crippen LogP contribution in [0.5, 0.6) is 0 Å². The van der Waals surface area contributed by atoms with E-state index in [9.17, 15) is 0 Å². The van der Waals surface area contributed by atoms with Crippen LogP contribution in [0.25, 0.3) is 0 Å². The molecule has 0 radical (unpaired) electrons. The summed E-state index contributed by atoms with van der Waals surface area (Å²) < 4.78 is 0. The van der Waals surface area contributed by atoms with Crippen LogP contribution in [-0.4, -0.2) is 0 Å². The number of hydrogen-bond donors (Lipinski definition) is 0. The highest BCUT2D eigenvalue weighted by atomic mass is 35.5. The van der Waals surface area contributed by atoms with Gasteiger partial charge in [-0.1, -0.05) is 43.1 Å². The average molecular weight is 241 g/mol. The molecule has 0 fully saturated rings. The first-order chi connectivity index (χ1) is 7.16. The highest BCUT2D eigenvalue weighted by Gasteiger charge is 2.12. The zero-order valence-corrected chi connectivity index (χ0v) is 10.5. The van der Waals surface area contributed by atoms with E-state index < -0.39 is 0 Å². The summed E-state index contributed by atoms with van der Waals surface area (Å²) >= 11 is 12.2. The fourth-order valence-corrected chi connectivity index (χ4v) is 2.20. The second-order valence-corrected chi connectivity index (χ2v) is 4.26. The van der Waals surface area contributed by atoms with Crippen LogP contribution in [0.3, 0.4) is 0 Å². The molecule has 0 aliphatic rings. The summed E-state index contributed by atoms with van der Waals surface area (Å²) in [6.45, 7) is 4.14. The molecule has 1 rings (SSSR count). The van der Waals surface area contributed by atoms with E-state index in [2.05, 4.69) is 18.8 Å². The molecular formula is C13H14Cl2. The van der Waals surface area contributed by atoms with Crippen LogP contribution in [0.4, 0.5) is 0 Å². The second kappa shape index (κ2) is 6.05. The van der Waals surface area contributed by atoms with Gasteiger partial charge < -0.3 is 0 Å². The second-order valence-electron chi connectivity index (χ2n) is 3.45. The number of halogens is 2. The van der Waals surface area contributed by atoms with Crippen LogP contribution < -0.4 is 0 Å². The minimum atomic E-state index is 0.283. The Morgan fingerprint density at radius 1 is 1.20 bits per heavy atom. The lowest BCUT2D eigenvalue weighted by Crippen LogP contribution is -1.94. The van der Waals surface area contributed by atoms with Gasteiger partial charge in [-0.3, -0.25) is 0 Å². The first-order valence-corrected chi connectivity index (χ1v) is 5.82. The van der Waals surface area contributed by atoms with E-state index in [1.54, 1.807) is 0 Å². The third-order valence-corrected chi connectivity index (χ3v) is 2.86. The van der Waals surface area contributed by atoms with Gasteiger partial charge in [0.1, 0.15) is 0 Å². The Balaban J connectivity index is 2.86. The monoisotopic (exact) mass is 240 g/mol. The van der Waals surface area contributed by atoms with Gasteiger partial charge in [0.15, 0.2) is 0 Å². The van der Waals surface area contributed by atoms with Gasteiger partial charge in [0.2, 0.25) is 0 Å². The summed E-state index contributed by atoms with van der Waals surface area (Å²) in [5, 5.41) is 1.46. The predicted molar refractivity (Wildman–Crippen MR) is 67.6 cm³/mol. The van der Waals surface area contributed by atoms with E-state index in [0.29, 0.717) is 0 Å². The molecule has 80 valence electrons. The van der Waals surface area contributed by atoms with Gasteiger partial charge >= 0.3 is 0 Å². The van der Waals surface area contributed by atoms with Gasteiger partial charge in [-0.25, -0.2) is 0 Å². The van der Waals surface area contributed by atoms with Crippen molar-refractivity contribution in [3.63, 3.8) is 0 Å². The number of hydrogen-bond acceptors (Lipinski definition) is 0. The van der Waals surface area contributed by atoms with Crippen molar-refractivity contribution in [3.8, 4) is 11.8 Å². The summed E-state index contributed by atoms with van der Waals surface area (Å²) in [4.78, 5) is 0. The fourth-order valence-electron chi connectivity index (χ4n) is 1.43. The highest BCUT2D eigenvalue weighted by molar-refractivity contribution is 6.36. The molecule has 2 heteroatoms. The summed E-state index contributed by atoms with van der Waals surface area (Å²) in [5.41, 5.74) is 1.01. The maximum atomic E-state index is 6.10. The topological polar surface area (TPSA) is 0 Å². The average Bonchev–Trinajstić information content (AvgIpc) is 2.18. The van der Waals surface area contributed by atoms with Gasteiger partial charge in [-0.15, -0.1) is 11.8 Å². The lowest BCUT2D eigenvalue weighted by molar-refractivity contribution is 0.795. The van der Waals surface area contributed by atoms with Crippen molar-refractivity contribution in [2.24, 2.45) is 0 Å².